The first-order valence-electron chi connectivity index (χ1n) is 12.4. The zero-order valence-corrected chi connectivity index (χ0v) is 19.8. The van der Waals surface area contributed by atoms with Crippen molar-refractivity contribution in [1.29, 1.82) is 0 Å². The van der Waals surface area contributed by atoms with Gasteiger partial charge in [-0.15, -0.1) is 0 Å². The third-order valence-corrected chi connectivity index (χ3v) is 6.37. The van der Waals surface area contributed by atoms with Gasteiger partial charge in [-0.05, 0) is 52.6 Å². The Morgan fingerprint density at radius 3 is 1.90 bits per heavy atom. The number of hydrogen-bond acceptors (Lipinski definition) is 2. The summed E-state index contributed by atoms with van der Waals surface area (Å²) in [6, 6.07) is 17.3. The summed E-state index contributed by atoms with van der Waals surface area (Å²) in [6.45, 7) is 8.58. The van der Waals surface area contributed by atoms with Crippen LogP contribution in [0.5, 0.6) is 0 Å². The first kappa shape index (κ1) is 23.3. The topological polar surface area (TPSA) is 20.3 Å². The second kappa shape index (κ2) is 11.9. The second-order valence-corrected chi connectivity index (χ2v) is 8.77. The average molecular weight is 418 g/mol. The first-order valence-corrected chi connectivity index (χ1v) is 12.4. The Labute approximate surface area is 188 Å². The molecule has 0 aliphatic heterocycles. The fraction of sp³-hybridized carbons (Fsp3) is 0.483. The summed E-state index contributed by atoms with van der Waals surface area (Å²) in [7, 11) is 0. The highest BCUT2D eigenvalue weighted by Crippen LogP contribution is 2.33. The van der Waals surface area contributed by atoms with Crippen molar-refractivity contribution in [3.05, 3.63) is 54.1 Å². The van der Waals surface area contributed by atoms with Crippen LogP contribution < -0.4 is 4.90 Å². The Hall–Kier alpha value is -2.35. The number of anilines is 1. The third-order valence-electron chi connectivity index (χ3n) is 6.37. The van der Waals surface area contributed by atoms with Gasteiger partial charge < -0.3 is 4.90 Å². The van der Waals surface area contributed by atoms with Crippen LogP contribution in [-0.2, 0) is 0 Å². The molecule has 2 heteroatoms. The highest BCUT2D eigenvalue weighted by molar-refractivity contribution is 6.15. The van der Waals surface area contributed by atoms with Crippen LogP contribution in [-0.4, -0.2) is 18.9 Å². The van der Waals surface area contributed by atoms with Crippen LogP contribution in [0.25, 0.3) is 21.5 Å². The van der Waals surface area contributed by atoms with Crippen LogP contribution in [0, 0.1) is 0 Å². The Morgan fingerprint density at radius 1 is 0.710 bits per heavy atom. The number of nitrogens with zero attached hydrogens (tertiary/aromatic N) is 1. The van der Waals surface area contributed by atoms with Gasteiger partial charge in [0.1, 0.15) is 0 Å². The number of unbranched alkanes of at least 4 members (excludes halogenated alkanes) is 6. The van der Waals surface area contributed by atoms with Gasteiger partial charge in [0.15, 0.2) is 5.78 Å². The van der Waals surface area contributed by atoms with E-state index < -0.39 is 0 Å². The van der Waals surface area contributed by atoms with E-state index in [1.165, 1.54) is 62.1 Å². The molecule has 3 rings (SSSR count). The molecule has 0 atom stereocenters. The molecule has 0 saturated carbocycles. The van der Waals surface area contributed by atoms with Crippen LogP contribution in [0.2, 0.25) is 0 Å². The molecule has 0 amide bonds. The highest BCUT2D eigenvalue weighted by Gasteiger charge is 2.19. The number of rotatable bonds is 13. The van der Waals surface area contributed by atoms with Gasteiger partial charge in [-0.25, -0.2) is 0 Å². The highest BCUT2D eigenvalue weighted by atomic mass is 16.1. The van der Waals surface area contributed by atoms with Gasteiger partial charge >= 0.3 is 0 Å². The Kier molecular flexibility index (Phi) is 8.94. The molecule has 0 bridgehead atoms. The van der Waals surface area contributed by atoms with Crippen molar-refractivity contribution in [3.63, 3.8) is 0 Å². The van der Waals surface area contributed by atoms with E-state index in [-0.39, 0.29) is 5.78 Å². The molecule has 0 unspecified atom stereocenters. The van der Waals surface area contributed by atoms with Crippen molar-refractivity contribution < 1.29 is 4.79 Å². The molecule has 0 aliphatic rings. The lowest BCUT2D eigenvalue weighted by Crippen LogP contribution is -2.27. The normalized spacial score (nSPS) is 11.3. The minimum Gasteiger partial charge on any atom is -0.371 e. The van der Waals surface area contributed by atoms with Crippen LogP contribution in [0.1, 0.15) is 88.9 Å². The van der Waals surface area contributed by atoms with Crippen molar-refractivity contribution in [1.82, 2.24) is 0 Å². The molecule has 0 spiro atoms. The van der Waals surface area contributed by atoms with Crippen LogP contribution >= 0.6 is 0 Å². The lowest BCUT2D eigenvalue weighted by molar-refractivity contribution is 0.0990. The molecule has 0 N–H and O–H groups in total. The van der Waals surface area contributed by atoms with Crippen molar-refractivity contribution >= 4 is 33.0 Å². The molecule has 0 heterocycles. The molecular weight excluding hydrogens is 378 g/mol. The molecule has 0 saturated heterocycles. The van der Waals surface area contributed by atoms with E-state index in [2.05, 4.69) is 67.3 Å². The number of fused-ring (bicyclic) bond motifs is 2. The smallest absolute Gasteiger partial charge is 0.165 e. The predicted octanol–water partition coefficient (Wildman–Crippen LogP) is 8.55. The van der Waals surface area contributed by atoms with Crippen molar-refractivity contribution in [2.24, 2.45) is 0 Å². The van der Waals surface area contributed by atoms with Gasteiger partial charge in [-0.1, -0.05) is 89.6 Å². The molecule has 3 aromatic rings. The molecule has 166 valence electrons. The van der Waals surface area contributed by atoms with Crippen LogP contribution in [0.4, 0.5) is 5.69 Å². The molecule has 0 aromatic heterocycles. The van der Waals surface area contributed by atoms with Crippen LogP contribution in [0.15, 0.2) is 48.5 Å². The van der Waals surface area contributed by atoms with Gasteiger partial charge in [-0.3, -0.25) is 4.79 Å². The maximum absolute atomic E-state index is 13.2. The number of carbonyl (C=O) groups is 1. The molecule has 31 heavy (non-hydrogen) atoms. The summed E-state index contributed by atoms with van der Waals surface area (Å²) in [5.74, 6) is 0.253. The fourth-order valence-corrected chi connectivity index (χ4v) is 4.55. The predicted molar refractivity (Wildman–Crippen MR) is 137 cm³/mol. The lowest BCUT2D eigenvalue weighted by atomic mass is 9.94. The fourth-order valence-electron chi connectivity index (χ4n) is 4.55. The zero-order chi connectivity index (χ0) is 22.1. The molecule has 2 nitrogen and oxygen atoms in total. The number of carbonyl (C=O) groups excluding carboxylic acids is 1. The van der Waals surface area contributed by atoms with E-state index in [9.17, 15) is 4.79 Å². The van der Waals surface area contributed by atoms with Crippen molar-refractivity contribution in [2.45, 2.75) is 78.6 Å². The van der Waals surface area contributed by atoms with E-state index >= 15 is 0 Å². The lowest BCUT2D eigenvalue weighted by Gasteiger charge is -2.28. The first-order chi connectivity index (χ1) is 15.2. The number of ketones is 1. The van der Waals surface area contributed by atoms with E-state index in [1.807, 2.05) is 6.92 Å². The van der Waals surface area contributed by atoms with Gasteiger partial charge in [0, 0.05) is 30.8 Å². The SMILES string of the molecule is CCCCCCN(CCCCCC)c1ccc2cc3ccccc3cc2c1C(=O)CC. The van der Waals surface area contributed by atoms with E-state index in [0.717, 1.165) is 35.1 Å². The van der Waals surface area contributed by atoms with E-state index in [4.69, 9.17) is 0 Å². The zero-order valence-electron chi connectivity index (χ0n) is 19.8. The summed E-state index contributed by atoms with van der Waals surface area (Å²) in [5, 5.41) is 4.70. The number of Topliss-reactive ketones (excluding diaryl/α,β-unsaturated/α-hetero) is 1. The van der Waals surface area contributed by atoms with E-state index in [0.29, 0.717) is 6.42 Å². The number of benzene rings is 3. The molecular formula is C29H39NO. The van der Waals surface area contributed by atoms with Crippen molar-refractivity contribution in [3.8, 4) is 0 Å². The minimum absolute atomic E-state index is 0.253. The maximum atomic E-state index is 13.2. The maximum Gasteiger partial charge on any atom is 0.165 e. The third kappa shape index (κ3) is 5.87. The molecule has 0 fully saturated rings. The monoisotopic (exact) mass is 417 g/mol. The number of hydrogen-bond donors (Lipinski definition) is 0. The molecule has 0 radical (unpaired) electrons. The van der Waals surface area contributed by atoms with Crippen LogP contribution in [0.3, 0.4) is 0 Å². The van der Waals surface area contributed by atoms with Gasteiger partial charge in [0.2, 0.25) is 0 Å². The summed E-state index contributed by atoms with van der Waals surface area (Å²) in [5.41, 5.74) is 2.07. The standard InChI is InChI=1S/C29H39NO/c1-4-7-9-13-19-30(20-14-10-8-5-2)27-18-17-25-21-23-15-11-12-16-24(23)22-26(25)29(27)28(31)6-3/h11-12,15-18,21-22H,4-10,13-14,19-20H2,1-3H3. The van der Waals surface area contributed by atoms with Gasteiger partial charge in [-0.2, -0.15) is 0 Å². The van der Waals surface area contributed by atoms with Crippen molar-refractivity contribution in [2.75, 3.05) is 18.0 Å². The largest absolute Gasteiger partial charge is 0.371 e. The van der Waals surface area contributed by atoms with E-state index in [1.54, 1.807) is 0 Å². The Balaban J connectivity index is 2.03. The Morgan fingerprint density at radius 2 is 1.32 bits per heavy atom. The molecule has 0 aliphatic carbocycles. The summed E-state index contributed by atoms with van der Waals surface area (Å²) < 4.78 is 0. The second-order valence-electron chi connectivity index (χ2n) is 8.77. The Bertz CT molecular complexity index is 979. The summed E-state index contributed by atoms with van der Waals surface area (Å²) in [4.78, 5) is 15.7. The summed E-state index contributed by atoms with van der Waals surface area (Å²) >= 11 is 0. The quantitative estimate of drug-likeness (QED) is 0.158. The van der Waals surface area contributed by atoms with Gasteiger partial charge in [0.25, 0.3) is 0 Å². The molecule has 3 aromatic carbocycles. The average Bonchev–Trinajstić information content (AvgIpc) is 2.80. The minimum atomic E-state index is 0.253. The van der Waals surface area contributed by atoms with Gasteiger partial charge in [0.05, 0.1) is 0 Å². The summed E-state index contributed by atoms with van der Waals surface area (Å²) in [6.07, 6.45) is 10.5.